The fraction of sp³-hybridized carbons (Fsp3) is 0.389. The number of hydrogen-bond acceptors (Lipinski definition) is 4. The van der Waals surface area contributed by atoms with Crippen molar-refractivity contribution in [1.82, 2.24) is 19.3 Å². The number of aromatic nitrogens is 3. The maximum atomic E-state index is 12.8. The van der Waals surface area contributed by atoms with E-state index in [1.165, 1.54) is 5.01 Å². The van der Waals surface area contributed by atoms with Crippen LogP contribution in [0.5, 0.6) is 0 Å². The molecule has 24 heavy (non-hydrogen) atoms. The van der Waals surface area contributed by atoms with Crippen molar-refractivity contribution in [2.75, 3.05) is 13.1 Å². The summed E-state index contributed by atoms with van der Waals surface area (Å²) < 4.78 is 1.99. The maximum absolute atomic E-state index is 12.8. The number of carbonyl (C=O) groups excluding carboxylic acids is 1. The van der Waals surface area contributed by atoms with Gasteiger partial charge in [-0.2, -0.15) is 0 Å². The molecule has 1 aliphatic heterocycles. The molecule has 4 heterocycles. The van der Waals surface area contributed by atoms with Gasteiger partial charge < -0.3 is 9.30 Å². The number of amides is 1. The molecule has 124 valence electrons. The molecule has 0 radical (unpaired) electrons. The van der Waals surface area contributed by atoms with Crippen LogP contribution in [0.15, 0.2) is 29.9 Å². The van der Waals surface area contributed by atoms with E-state index in [-0.39, 0.29) is 5.91 Å². The standard InChI is InChI=1S/C18H20N4OS/c1-12-11-24-17(20-12)7-14-3-5-21(10-14)18(23)15-4-6-22-13(2)9-19-16(22)8-15/h4,6,8-9,11,14H,3,5,7,10H2,1-2H3. The highest BCUT2D eigenvalue weighted by atomic mass is 32.1. The molecule has 1 amide bonds. The molecule has 0 aromatic carbocycles. The second-order valence-electron chi connectivity index (χ2n) is 6.54. The molecule has 3 aromatic heterocycles. The number of hydrogen-bond donors (Lipinski definition) is 0. The van der Waals surface area contributed by atoms with Gasteiger partial charge in [-0.05, 0) is 38.3 Å². The van der Waals surface area contributed by atoms with Gasteiger partial charge in [-0.15, -0.1) is 11.3 Å². The Bertz CT molecular complexity index is 897. The van der Waals surface area contributed by atoms with E-state index < -0.39 is 0 Å². The number of likely N-dealkylation sites (tertiary alicyclic amines) is 1. The van der Waals surface area contributed by atoms with Crippen LogP contribution in [0.1, 0.15) is 33.2 Å². The fourth-order valence-corrected chi connectivity index (χ4v) is 4.24. The summed E-state index contributed by atoms with van der Waals surface area (Å²) >= 11 is 1.72. The first-order valence-corrected chi connectivity index (χ1v) is 9.12. The minimum atomic E-state index is 0.107. The SMILES string of the molecule is Cc1csc(CC2CCN(C(=O)c3ccn4c(C)cnc4c3)C2)n1. The number of nitrogens with zero attached hydrogens (tertiary/aromatic N) is 4. The summed E-state index contributed by atoms with van der Waals surface area (Å²) in [5.41, 5.74) is 3.71. The van der Waals surface area contributed by atoms with Gasteiger partial charge in [0.1, 0.15) is 5.65 Å². The Kier molecular flexibility index (Phi) is 3.84. The molecule has 1 saturated heterocycles. The smallest absolute Gasteiger partial charge is 0.254 e. The van der Waals surface area contributed by atoms with Crippen molar-refractivity contribution >= 4 is 22.9 Å². The van der Waals surface area contributed by atoms with Crippen LogP contribution in [0.25, 0.3) is 5.65 Å². The lowest BCUT2D eigenvalue weighted by Crippen LogP contribution is -2.29. The number of aryl methyl sites for hydroxylation is 2. The highest BCUT2D eigenvalue weighted by Gasteiger charge is 2.27. The van der Waals surface area contributed by atoms with Crippen molar-refractivity contribution in [2.24, 2.45) is 5.92 Å². The van der Waals surface area contributed by atoms with Crippen LogP contribution in [0.3, 0.4) is 0 Å². The fourth-order valence-electron chi connectivity index (χ4n) is 3.35. The second-order valence-corrected chi connectivity index (χ2v) is 7.48. The van der Waals surface area contributed by atoms with E-state index in [1.54, 1.807) is 11.3 Å². The number of pyridine rings is 1. The average Bonchev–Trinajstić information content (AvgIpc) is 3.29. The summed E-state index contributed by atoms with van der Waals surface area (Å²) in [5.74, 6) is 0.618. The van der Waals surface area contributed by atoms with Crippen molar-refractivity contribution < 1.29 is 4.79 Å². The van der Waals surface area contributed by atoms with Crippen LogP contribution in [-0.2, 0) is 6.42 Å². The molecule has 0 spiro atoms. The van der Waals surface area contributed by atoms with Crippen LogP contribution in [0, 0.1) is 19.8 Å². The zero-order chi connectivity index (χ0) is 16.7. The third-order valence-electron chi connectivity index (χ3n) is 4.65. The van der Waals surface area contributed by atoms with Gasteiger partial charge in [-0.3, -0.25) is 4.79 Å². The van der Waals surface area contributed by atoms with Gasteiger partial charge in [-0.25, -0.2) is 9.97 Å². The van der Waals surface area contributed by atoms with Gasteiger partial charge in [0.05, 0.1) is 5.01 Å². The zero-order valence-electron chi connectivity index (χ0n) is 13.9. The van der Waals surface area contributed by atoms with Gasteiger partial charge in [0, 0.05) is 54.2 Å². The number of rotatable bonds is 3. The minimum Gasteiger partial charge on any atom is -0.338 e. The van der Waals surface area contributed by atoms with Gasteiger partial charge in [0.2, 0.25) is 0 Å². The Balaban J connectivity index is 1.46. The minimum absolute atomic E-state index is 0.107. The van der Waals surface area contributed by atoms with E-state index >= 15 is 0 Å². The lowest BCUT2D eigenvalue weighted by Gasteiger charge is -2.16. The lowest BCUT2D eigenvalue weighted by molar-refractivity contribution is 0.0787. The van der Waals surface area contributed by atoms with Crippen LogP contribution in [0.4, 0.5) is 0 Å². The van der Waals surface area contributed by atoms with Crippen LogP contribution < -0.4 is 0 Å². The number of thiazole rings is 1. The van der Waals surface area contributed by atoms with E-state index in [9.17, 15) is 4.79 Å². The second kappa shape index (κ2) is 6.02. The molecule has 4 rings (SSSR count). The first-order chi connectivity index (χ1) is 11.6. The topological polar surface area (TPSA) is 50.5 Å². The Labute approximate surface area is 145 Å². The summed E-state index contributed by atoms with van der Waals surface area (Å²) in [6.45, 7) is 5.67. The molecule has 0 bridgehead atoms. The summed E-state index contributed by atoms with van der Waals surface area (Å²) in [5, 5.41) is 3.27. The highest BCUT2D eigenvalue weighted by Crippen LogP contribution is 2.24. The van der Waals surface area contributed by atoms with Crippen molar-refractivity contribution in [2.45, 2.75) is 26.7 Å². The Morgan fingerprint density at radius 1 is 1.42 bits per heavy atom. The van der Waals surface area contributed by atoms with Gasteiger partial charge in [0.25, 0.3) is 5.91 Å². The molecule has 1 aliphatic rings. The Hall–Kier alpha value is -2.21. The maximum Gasteiger partial charge on any atom is 0.254 e. The molecular formula is C18H20N4OS. The molecule has 0 saturated carbocycles. The van der Waals surface area contributed by atoms with Crippen LogP contribution in [0.2, 0.25) is 0 Å². The Morgan fingerprint density at radius 3 is 3.08 bits per heavy atom. The third kappa shape index (κ3) is 2.82. The van der Waals surface area contributed by atoms with Crippen molar-refractivity contribution in [3.05, 3.63) is 51.9 Å². The third-order valence-corrected chi connectivity index (χ3v) is 5.64. The molecule has 0 N–H and O–H groups in total. The summed E-state index contributed by atoms with van der Waals surface area (Å²) in [6, 6.07) is 3.77. The molecule has 1 unspecified atom stereocenters. The van der Waals surface area contributed by atoms with Gasteiger partial charge >= 0.3 is 0 Å². The van der Waals surface area contributed by atoms with Gasteiger partial charge in [0.15, 0.2) is 0 Å². The predicted octanol–water partition coefficient (Wildman–Crippen LogP) is 3.11. The highest BCUT2D eigenvalue weighted by molar-refractivity contribution is 7.09. The van der Waals surface area contributed by atoms with E-state index in [0.717, 1.165) is 48.5 Å². The molecule has 0 aliphatic carbocycles. The Morgan fingerprint density at radius 2 is 2.29 bits per heavy atom. The normalized spacial score (nSPS) is 17.8. The van der Waals surface area contributed by atoms with E-state index in [2.05, 4.69) is 15.3 Å². The predicted molar refractivity (Wildman–Crippen MR) is 94.5 cm³/mol. The average molecular weight is 340 g/mol. The van der Waals surface area contributed by atoms with Crippen LogP contribution >= 0.6 is 11.3 Å². The van der Waals surface area contributed by atoms with E-state index in [1.807, 2.05) is 47.7 Å². The quantitative estimate of drug-likeness (QED) is 0.736. The largest absolute Gasteiger partial charge is 0.338 e. The first kappa shape index (κ1) is 15.3. The van der Waals surface area contributed by atoms with Crippen LogP contribution in [-0.4, -0.2) is 38.3 Å². The molecule has 1 fully saturated rings. The zero-order valence-corrected chi connectivity index (χ0v) is 14.7. The van der Waals surface area contributed by atoms with E-state index in [4.69, 9.17) is 0 Å². The summed E-state index contributed by atoms with van der Waals surface area (Å²) in [7, 11) is 0. The van der Waals surface area contributed by atoms with Gasteiger partial charge in [-0.1, -0.05) is 0 Å². The van der Waals surface area contributed by atoms with E-state index in [0.29, 0.717) is 5.92 Å². The number of imidazole rings is 1. The molecule has 3 aromatic rings. The summed E-state index contributed by atoms with van der Waals surface area (Å²) in [6.07, 6.45) is 5.78. The van der Waals surface area contributed by atoms with Crippen molar-refractivity contribution in [1.29, 1.82) is 0 Å². The summed E-state index contributed by atoms with van der Waals surface area (Å²) in [4.78, 5) is 23.6. The molecule has 6 heteroatoms. The molecular weight excluding hydrogens is 320 g/mol. The number of carbonyl (C=O) groups is 1. The number of fused-ring (bicyclic) bond motifs is 1. The lowest BCUT2D eigenvalue weighted by atomic mass is 10.1. The monoisotopic (exact) mass is 340 g/mol. The molecule has 5 nitrogen and oxygen atoms in total. The molecule has 1 atom stereocenters. The van der Waals surface area contributed by atoms with Crippen molar-refractivity contribution in [3.8, 4) is 0 Å². The first-order valence-electron chi connectivity index (χ1n) is 8.24. The van der Waals surface area contributed by atoms with Crippen molar-refractivity contribution in [3.63, 3.8) is 0 Å².